The lowest BCUT2D eigenvalue weighted by molar-refractivity contribution is 0.625. The van der Waals surface area contributed by atoms with Gasteiger partial charge in [0.15, 0.2) is 0 Å². The molecule has 0 saturated carbocycles. The van der Waals surface area contributed by atoms with Gasteiger partial charge in [0, 0.05) is 5.56 Å². The predicted molar refractivity (Wildman–Crippen MR) is 307 cm³/mol. The number of hydrogen-bond donors (Lipinski definition) is 0. The highest BCUT2D eigenvalue weighted by atomic mass is 14.8. The Balaban J connectivity index is 1.03. The summed E-state index contributed by atoms with van der Waals surface area (Å²) in [5.74, 6) is 0.429. The Bertz CT molecular complexity index is 3770. The first-order valence-electron chi connectivity index (χ1n) is 26.4. The van der Waals surface area contributed by atoms with Gasteiger partial charge >= 0.3 is 0 Å². The molecule has 8 aromatic rings. The number of nitrogens with zero attached hydrogens (tertiary/aromatic N) is 1. The average Bonchev–Trinajstić information content (AvgIpc) is 3.92. The summed E-state index contributed by atoms with van der Waals surface area (Å²) in [6.07, 6.45) is 17.0. The number of benzene rings is 8. The predicted octanol–water partition coefficient (Wildman–Crippen LogP) is 18.0. The van der Waals surface area contributed by atoms with Crippen LogP contribution in [0, 0.1) is 0 Å². The standard InChI is InChI=1S/C72H59N/c1-6-22-61-54(7-2)57-27-13-16-32-62(57)72(61)66-36-20-19-35-65(66)71(63-33-17-14-28-58(63)59-29-15-18-34-64(59)71)67-42-41-53(45-68(67)72)69(73-48(5)50-23-9-8-10-24-50)44-46(3)49-37-39-51(40-38-49)56-30-21-31-60-55-26-12-11-25-52(55)43-47(4)70(56)60/h6-14,16-28,30-42,44-45,47-48H,2,15,29,43H2,1,3-5H3/b22-6-,46-44+,73-69?. The van der Waals surface area contributed by atoms with Crippen LogP contribution in [0.3, 0.4) is 0 Å². The van der Waals surface area contributed by atoms with Gasteiger partial charge in [-0.3, -0.25) is 4.99 Å². The Morgan fingerprint density at radius 1 is 0.616 bits per heavy atom. The molecular weight excluding hydrogens is 879 g/mol. The van der Waals surface area contributed by atoms with E-state index in [0.717, 1.165) is 30.5 Å². The van der Waals surface area contributed by atoms with E-state index in [0.29, 0.717) is 5.92 Å². The number of fused-ring (bicyclic) bond motifs is 15. The quantitative estimate of drug-likeness (QED) is 0.135. The van der Waals surface area contributed by atoms with Crippen LogP contribution in [-0.4, -0.2) is 5.71 Å². The van der Waals surface area contributed by atoms with Gasteiger partial charge in [0.1, 0.15) is 0 Å². The van der Waals surface area contributed by atoms with Gasteiger partial charge in [-0.2, -0.15) is 0 Å². The van der Waals surface area contributed by atoms with Crippen molar-refractivity contribution in [1.29, 1.82) is 0 Å². The Hall–Kier alpha value is -8.13. The zero-order valence-corrected chi connectivity index (χ0v) is 42.3. The fourth-order valence-corrected chi connectivity index (χ4v) is 14.0. The van der Waals surface area contributed by atoms with E-state index >= 15 is 0 Å². The van der Waals surface area contributed by atoms with Crippen LogP contribution in [0.1, 0.15) is 125 Å². The van der Waals surface area contributed by atoms with Crippen molar-refractivity contribution in [2.24, 2.45) is 4.99 Å². The maximum absolute atomic E-state index is 5.73. The minimum atomic E-state index is -0.641. The van der Waals surface area contributed by atoms with Crippen LogP contribution in [-0.2, 0) is 17.3 Å². The molecule has 1 heteroatoms. The number of allylic oxidation sites excluding steroid dienone is 11. The second-order valence-corrected chi connectivity index (χ2v) is 20.8. The maximum Gasteiger partial charge on any atom is 0.0728 e. The van der Waals surface area contributed by atoms with Gasteiger partial charge in [-0.1, -0.05) is 226 Å². The molecule has 0 aliphatic heterocycles. The second kappa shape index (κ2) is 17.6. The van der Waals surface area contributed by atoms with E-state index in [-0.39, 0.29) is 6.04 Å². The summed E-state index contributed by atoms with van der Waals surface area (Å²) in [7, 11) is 0. The largest absolute Gasteiger partial charge is 0.277 e. The molecule has 0 heterocycles. The zero-order valence-electron chi connectivity index (χ0n) is 42.3. The summed E-state index contributed by atoms with van der Waals surface area (Å²) in [6, 6.07) is 70.8. The number of hydrogen-bond acceptors (Lipinski definition) is 1. The molecule has 0 fully saturated rings. The molecule has 5 aliphatic rings. The van der Waals surface area contributed by atoms with Crippen LogP contribution in [0.5, 0.6) is 0 Å². The van der Waals surface area contributed by atoms with Crippen molar-refractivity contribution in [2.75, 3.05) is 0 Å². The summed E-state index contributed by atoms with van der Waals surface area (Å²) in [4.78, 5) is 5.73. The molecule has 0 N–H and O–H groups in total. The van der Waals surface area contributed by atoms with Crippen molar-refractivity contribution in [2.45, 2.75) is 69.7 Å². The van der Waals surface area contributed by atoms with Crippen molar-refractivity contribution in [3.05, 3.63) is 315 Å². The fourth-order valence-electron chi connectivity index (χ4n) is 14.0. The molecule has 2 spiro atoms. The highest BCUT2D eigenvalue weighted by Crippen LogP contribution is 2.67. The van der Waals surface area contributed by atoms with E-state index in [9.17, 15) is 0 Å². The van der Waals surface area contributed by atoms with Crippen LogP contribution in [0.4, 0.5) is 0 Å². The van der Waals surface area contributed by atoms with Crippen molar-refractivity contribution in [1.82, 2.24) is 0 Å². The smallest absolute Gasteiger partial charge is 0.0728 e. The molecule has 0 bridgehead atoms. The third-order valence-electron chi connectivity index (χ3n) is 17.0. The lowest BCUT2D eigenvalue weighted by Gasteiger charge is -2.50. The Morgan fingerprint density at radius 3 is 1.99 bits per heavy atom. The van der Waals surface area contributed by atoms with E-state index in [2.05, 4.69) is 259 Å². The molecular formula is C72H59N. The van der Waals surface area contributed by atoms with Crippen molar-refractivity contribution in [3.63, 3.8) is 0 Å². The van der Waals surface area contributed by atoms with Gasteiger partial charge in [-0.05, 0) is 175 Å². The Morgan fingerprint density at radius 2 is 1.23 bits per heavy atom. The lowest BCUT2D eigenvalue weighted by Crippen LogP contribution is -2.44. The molecule has 0 saturated heterocycles. The van der Waals surface area contributed by atoms with Crippen molar-refractivity contribution in [3.8, 4) is 22.3 Å². The van der Waals surface area contributed by atoms with E-state index in [1.54, 1.807) is 0 Å². The zero-order chi connectivity index (χ0) is 49.4. The van der Waals surface area contributed by atoms with E-state index < -0.39 is 10.8 Å². The van der Waals surface area contributed by atoms with Crippen molar-refractivity contribution < 1.29 is 0 Å². The normalized spacial score (nSPS) is 20.6. The summed E-state index contributed by atoms with van der Waals surface area (Å²) < 4.78 is 0. The first-order chi connectivity index (χ1) is 35.9. The summed E-state index contributed by atoms with van der Waals surface area (Å²) in [5, 5.41) is 0. The second-order valence-electron chi connectivity index (χ2n) is 20.8. The third-order valence-corrected chi connectivity index (χ3v) is 17.0. The lowest BCUT2D eigenvalue weighted by atomic mass is 9.51. The minimum Gasteiger partial charge on any atom is -0.277 e. The molecule has 0 aromatic heterocycles. The van der Waals surface area contributed by atoms with Gasteiger partial charge in [-0.15, -0.1) is 0 Å². The highest BCUT2D eigenvalue weighted by molar-refractivity contribution is 6.13. The molecule has 4 atom stereocenters. The molecule has 352 valence electrons. The Labute approximate surface area is 431 Å². The third kappa shape index (κ3) is 6.57. The molecule has 0 amide bonds. The van der Waals surface area contributed by atoms with Gasteiger partial charge < -0.3 is 0 Å². The Kier molecular flexibility index (Phi) is 10.8. The number of aliphatic imine (C=N–C) groups is 1. The average molecular weight is 938 g/mol. The molecule has 8 aromatic carbocycles. The number of rotatable bonds is 8. The fraction of sp³-hybridized carbons (Fsp3) is 0.153. The van der Waals surface area contributed by atoms with E-state index in [4.69, 9.17) is 4.99 Å². The summed E-state index contributed by atoms with van der Waals surface area (Å²) >= 11 is 0. The maximum atomic E-state index is 5.73. The van der Waals surface area contributed by atoms with E-state index in [1.165, 1.54) is 117 Å². The topological polar surface area (TPSA) is 12.4 Å². The van der Waals surface area contributed by atoms with Gasteiger partial charge in [0.25, 0.3) is 0 Å². The monoisotopic (exact) mass is 937 g/mol. The first-order valence-corrected chi connectivity index (χ1v) is 26.4. The van der Waals surface area contributed by atoms with Gasteiger partial charge in [0.2, 0.25) is 0 Å². The van der Waals surface area contributed by atoms with Crippen molar-refractivity contribution >= 4 is 22.4 Å². The summed E-state index contributed by atoms with van der Waals surface area (Å²) in [5.41, 5.74) is 28.5. The first kappa shape index (κ1) is 44.8. The van der Waals surface area contributed by atoms with Crippen LogP contribution in [0.25, 0.3) is 39.0 Å². The van der Waals surface area contributed by atoms with Crippen LogP contribution in [0.15, 0.2) is 247 Å². The SMILES string of the molecule is C=CC1=C(/C=C\C)C2(c3ccccc31)c1ccccc1C1(C3=C(CCC=C3)c3ccccc31)c1ccc(C(/C=C(\C)c3ccc(-c4cccc5c4C(C)Cc4ccccc4-5)cc3)=NC(C)c3ccccc3)cc12. The molecule has 13 rings (SSSR count). The van der Waals surface area contributed by atoms with E-state index in [1.807, 2.05) is 0 Å². The highest BCUT2D eigenvalue weighted by Gasteiger charge is 2.59. The molecule has 1 nitrogen and oxygen atoms in total. The van der Waals surface area contributed by atoms with Crippen LogP contribution < -0.4 is 0 Å². The van der Waals surface area contributed by atoms with Crippen LogP contribution >= 0.6 is 0 Å². The molecule has 4 unspecified atom stereocenters. The molecule has 5 aliphatic carbocycles. The summed E-state index contributed by atoms with van der Waals surface area (Å²) in [6.45, 7) is 13.5. The van der Waals surface area contributed by atoms with Crippen LogP contribution in [0.2, 0.25) is 0 Å². The molecule has 73 heavy (non-hydrogen) atoms. The molecule has 0 radical (unpaired) electrons. The van der Waals surface area contributed by atoms with Gasteiger partial charge in [0.05, 0.1) is 22.6 Å². The minimum absolute atomic E-state index is 0.0871. The van der Waals surface area contributed by atoms with Gasteiger partial charge in [-0.25, -0.2) is 0 Å².